The van der Waals surface area contributed by atoms with E-state index in [1.807, 2.05) is 0 Å². The first-order chi connectivity index (χ1) is 20.7. The number of carbonyl (C=O) groups excluding carboxylic acids is 2. The van der Waals surface area contributed by atoms with Crippen molar-refractivity contribution in [3.63, 3.8) is 0 Å². The fourth-order valence-corrected chi connectivity index (χ4v) is 4.73. The number of ether oxygens (including phenoxy) is 5. The van der Waals surface area contributed by atoms with E-state index in [4.69, 9.17) is 23.7 Å². The van der Waals surface area contributed by atoms with Gasteiger partial charge < -0.3 is 34.0 Å². The predicted octanol–water partition coefficient (Wildman–Crippen LogP) is 3.43. The summed E-state index contributed by atoms with van der Waals surface area (Å²) in [5, 5.41) is 3.47. The minimum atomic E-state index is -4.59. The van der Waals surface area contributed by atoms with Crippen molar-refractivity contribution in [2.75, 3.05) is 60.0 Å². The highest BCUT2D eigenvalue weighted by Crippen LogP contribution is 2.37. The third-order valence-corrected chi connectivity index (χ3v) is 6.82. The first kappa shape index (κ1) is 32.1. The Labute approximate surface area is 245 Å². The molecule has 43 heavy (non-hydrogen) atoms. The van der Waals surface area contributed by atoms with Crippen molar-refractivity contribution in [2.45, 2.75) is 24.6 Å². The Bertz CT molecular complexity index is 1460. The second-order valence-corrected chi connectivity index (χ2v) is 9.85. The molecule has 2 atom stereocenters. The molecule has 4 rings (SSSR count). The Morgan fingerprint density at radius 3 is 2.35 bits per heavy atom. The van der Waals surface area contributed by atoms with Gasteiger partial charge in [-0.25, -0.2) is 4.79 Å². The SMILES string of the molecule is COCCOCCOCCOCC(=O)OCC1C[C@@H](c2ccc3cc(-c4ccccc4C(F)(F)F)[nH]c(=O)c3c2)C(=O)N1. The molecule has 1 amide bonds. The number of nitrogens with one attached hydrogen (secondary N) is 2. The highest BCUT2D eigenvalue weighted by molar-refractivity contribution is 5.90. The normalized spacial score (nSPS) is 16.9. The van der Waals surface area contributed by atoms with Crippen molar-refractivity contribution in [3.05, 3.63) is 70.0 Å². The van der Waals surface area contributed by atoms with E-state index < -0.39 is 35.2 Å². The summed E-state index contributed by atoms with van der Waals surface area (Å²) in [5.74, 6) is -1.46. The summed E-state index contributed by atoms with van der Waals surface area (Å²) in [6.07, 6.45) is -4.26. The van der Waals surface area contributed by atoms with Crippen LogP contribution < -0.4 is 10.9 Å². The first-order valence-corrected chi connectivity index (χ1v) is 13.7. The van der Waals surface area contributed by atoms with Gasteiger partial charge in [0.05, 0.1) is 57.2 Å². The summed E-state index contributed by atoms with van der Waals surface area (Å²) in [7, 11) is 1.59. The molecular weight excluding hydrogens is 573 g/mol. The van der Waals surface area contributed by atoms with Crippen molar-refractivity contribution in [1.82, 2.24) is 10.3 Å². The van der Waals surface area contributed by atoms with Gasteiger partial charge in [0.15, 0.2) is 0 Å². The number of hydrogen-bond acceptors (Lipinski definition) is 8. The van der Waals surface area contributed by atoms with Crippen LogP contribution in [0.2, 0.25) is 0 Å². The van der Waals surface area contributed by atoms with E-state index in [1.54, 1.807) is 25.3 Å². The quantitative estimate of drug-likeness (QED) is 0.199. The number of aromatic amines is 1. The summed E-state index contributed by atoms with van der Waals surface area (Å²) >= 11 is 0. The lowest BCUT2D eigenvalue weighted by Gasteiger charge is -2.14. The molecule has 1 aliphatic rings. The molecule has 1 saturated heterocycles. The molecule has 0 radical (unpaired) electrons. The van der Waals surface area contributed by atoms with Crippen LogP contribution in [0.3, 0.4) is 0 Å². The van der Waals surface area contributed by atoms with Gasteiger partial charge >= 0.3 is 12.1 Å². The van der Waals surface area contributed by atoms with Gasteiger partial charge in [-0.15, -0.1) is 0 Å². The molecule has 1 aliphatic heterocycles. The number of esters is 1. The Hall–Kier alpha value is -3.78. The monoisotopic (exact) mass is 606 g/mol. The molecule has 0 spiro atoms. The van der Waals surface area contributed by atoms with Gasteiger partial charge in [0, 0.05) is 23.8 Å². The molecule has 3 aromatic rings. The molecule has 0 bridgehead atoms. The lowest BCUT2D eigenvalue weighted by Crippen LogP contribution is -2.31. The van der Waals surface area contributed by atoms with Crippen molar-refractivity contribution in [3.8, 4) is 11.3 Å². The fourth-order valence-electron chi connectivity index (χ4n) is 4.73. The number of alkyl halides is 3. The Morgan fingerprint density at radius 2 is 1.63 bits per heavy atom. The Balaban J connectivity index is 1.28. The van der Waals surface area contributed by atoms with Gasteiger partial charge in [0.25, 0.3) is 5.56 Å². The largest absolute Gasteiger partial charge is 0.462 e. The number of H-pyrrole nitrogens is 1. The van der Waals surface area contributed by atoms with Crippen molar-refractivity contribution in [2.24, 2.45) is 0 Å². The third-order valence-electron chi connectivity index (χ3n) is 6.82. The van der Waals surface area contributed by atoms with E-state index in [0.29, 0.717) is 43.8 Å². The standard InChI is InChI=1S/C30H33F3N2O8/c1-39-8-9-40-10-11-41-12-13-42-18-27(36)43-17-21-16-24(28(37)34-21)19-6-7-20-15-26(35-29(38)23(20)14-19)22-4-2-3-5-25(22)30(31,32)33/h2-7,14-15,21,24H,8-13,16-18H2,1H3,(H,34,37)(H,35,38)/t21?,24-/m0/s1. The maximum Gasteiger partial charge on any atom is 0.417 e. The molecule has 2 aromatic carbocycles. The van der Waals surface area contributed by atoms with E-state index in [2.05, 4.69) is 10.3 Å². The summed E-state index contributed by atoms with van der Waals surface area (Å²) in [6, 6.07) is 10.9. The smallest absolute Gasteiger partial charge is 0.417 e. The number of hydrogen-bond donors (Lipinski definition) is 2. The second kappa shape index (κ2) is 15.1. The number of benzene rings is 2. The highest BCUT2D eigenvalue weighted by Gasteiger charge is 2.35. The molecule has 2 heterocycles. The van der Waals surface area contributed by atoms with Gasteiger partial charge in [-0.3, -0.25) is 9.59 Å². The van der Waals surface area contributed by atoms with Crippen molar-refractivity contribution >= 4 is 22.6 Å². The summed E-state index contributed by atoms with van der Waals surface area (Å²) in [6.45, 7) is 2.00. The lowest BCUT2D eigenvalue weighted by molar-refractivity contribution is -0.150. The number of pyridine rings is 1. The van der Waals surface area contributed by atoms with Gasteiger partial charge in [0.1, 0.15) is 13.2 Å². The van der Waals surface area contributed by atoms with Crippen LogP contribution in [-0.2, 0) is 39.4 Å². The maximum atomic E-state index is 13.5. The van der Waals surface area contributed by atoms with Gasteiger partial charge in [-0.2, -0.15) is 13.2 Å². The maximum absolute atomic E-state index is 13.5. The summed E-state index contributed by atoms with van der Waals surface area (Å²) in [4.78, 5) is 40.2. The van der Waals surface area contributed by atoms with Crippen LogP contribution in [0.15, 0.2) is 53.3 Å². The van der Waals surface area contributed by atoms with E-state index in [1.165, 1.54) is 24.3 Å². The minimum absolute atomic E-state index is 0.0403. The molecule has 2 N–H and O–H groups in total. The molecule has 10 nitrogen and oxygen atoms in total. The number of aromatic nitrogens is 1. The molecule has 13 heteroatoms. The highest BCUT2D eigenvalue weighted by atomic mass is 19.4. The third kappa shape index (κ3) is 8.86. The Morgan fingerprint density at radius 1 is 0.930 bits per heavy atom. The molecule has 0 saturated carbocycles. The number of fused-ring (bicyclic) bond motifs is 1. The topological polar surface area (TPSA) is 125 Å². The molecule has 0 aliphatic carbocycles. The van der Waals surface area contributed by atoms with Gasteiger partial charge in [0.2, 0.25) is 5.91 Å². The summed E-state index contributed by atoms with van der Waals surface area (Å²) < 4.78 is 66.5. The second-order valence-electron chi connectivity index (χ2n) is 9.85. The minimum Gasteiger partial charge on any atom is -0.462 e. The average molecular weight is 607 g/mol. The fraction of sp³-hybridized carbons (Fsp3) is 0.433. The van der Waals surface area contributed by atoms with Crippen LogP contribution in [0.4, 0.5) is 13.2 Å². The number of halogens is 3. The predicted molar refractivity (Wildman–Crippen MR) is 150 cm³/mol. The molecule has 232 valence electrons. The van der Waals surface area contributed by atoms with E-state index in [-0.39, 0.29) is 49.0 Å². The molecule has 1 fully saturated rings. The van der Waals surface area contributed by atoms with Crippen molar-refractivity contribution < 1.29 is 46.4 Å². The number of methoxy groups -OCH3 is 1. The number of carbonyl (C=O) groups is 2. The first-order valence-electron chi connectivity index (χ1n) is 13.7. The molecule has 1 unspecified atom stereocenters. The van der Waals surface area contributed by atoms with E-state index in [0.717, 1.165) is 6.07 Å². The van der Waals surface area contributed by atoms with Crippen LogP contribution in [0, 0.1) is 0 Å². The van der Waals surface area contributed by atoms with E-state index in [9.17, 15) is 27.6 Å². The summed E-state index contributed by atoms with van der Waals surface area (Å²) in [5.41, 5.74) is -0.953. The number of rotatable bonds is 15. The zero-order valence-corrected chi connectivity index (χ0v) is 23.5. The average Bonchev–Trinajstić information content (AvgIpc) is 3.36. The zero-order chi connectivity index (χ0) is 30.8. The zero-order valence-electron chi connectivity index (χ0n) is 23.5. The van der Waals surface area contributed by atoms with Crippen molar-refractivity contribution in [1.29, 1.82) is 0 Å². The number of amides is 1. The van der Waals surface area contributed by atoms with Gasteiger partial charge in [-0.05, 0) is 35.6 Å². The molecular formula is C30H33F3N2O8. The Kier molecular flexibility index (Phi) is 11.3. The lowest BCUT2D eigenvalue weighted by atomic mass is 9.93. The van der Waals surface area contributed by atoms with E-state index >= 15 is 0 Å². The van der Waals surface area contributed by atoms with Crippen LogP contribution in [-0.4, -0.2) is 82.9 Å². The van der Waals surface area contributed by atoms with Gasteiger partial charge in [-0.1, -0.05) is 30.3 Å². The van der Waals surface area contributed by atoms with Crippen LogP contribution in [0.25, 0.3) is 22.0 Å². The van der Waals surface area contributed by atoms with Crippen LogP contribution in [0.1, 0.15) is 23.5 Å². The van der Waals surface area contributed by atoms with Crippen LogP contribution >= 0.6 is 0 Å². The molecule has 1 aromatic heterocycles. The van der Waals surface area contributed by atoms with Crippen LogP contribution in [0.5, 0.6) is 0 Å².